The van der Waals surface area contributed by atoms with Gasteiger partial charge in [-0.15, -0.1) is 5.10 Å². The van der Waals surface area contributed by atoms with Gasteiger partial charge in [0, 0.05) is 44.4 Å². The highest BCUT2D eigenvalue weighted by molar-refractivity contribution is 5.92. The first kappa shape index (κ1) is 28.8. The molecule has 2 aromatic carbocycles. The number of rotatable bonds is 9. The summed E-state index contributed by atoms with van der Waals surface area (Å²) in [5, 5.41) is 26.6. The molecule has 1 fully saturated rings. The van der Waals surface area contributed by atoms with Crippen molar-refractivity contribution >= 4 is 22.8 Å². The summed E-state index contributed by atoms with van der Waals surface area (Å²) in [5.74, 6) is 0.509. The highest BCUT2D eigenvalue weighted by Crippen LogP contribution is 2.25. The Kier molecular flexibility index (Phi) is 7.91. The number of halogens is 1. The lowest BCUT2D eigenvalue weighted by Crippen LogP contribution is -2.52. The first-order valence-electron chi connectivity index (χ1n) is 14.1. The standard InChI is InChI=1S/C31H30FN9O3/c1-20-16-40(28-4-3-5-30(36-28)44-19-23-7-6-21(14-33)12-25(23)32)11-10-39(20)18-29-35-26-9-8-22(31(42)43)13-27(26)41(29)17-24-15-34-37-38(24)2/h3-9,12-13,15,20H,10-11,16-19H2,1-2H3,(H,42,43)/t20-/m0/s1. The molecular formula is C31H30FN9O3. The zero-order valence-corrected chi connectivity index (χ0v) is 24.3. The molecule has 0 bridgehead atoms. The van der Waals surface area contributed by atoms with E-state index in [1.165, 1.54) is 6.07 Å². The van der Waals surface area contributed by atoms with Crippen molar-refractivity contribution < 1.29 is 19.0 Å². The van der Waals surface area contributed by atoms with Gasteiger partial charge in [-0.2, -0.15) is 10.2 Å². The second-order valence-electron chi connectivity index (χ2n) is 10.8. The number of hydrogen-bond donors (Lipinski definition) is 1. The molecule has 224 valence electrons. The number of aryl methyl sites for hydroxylation is 1. The van der Waals surface area contributed by atoms with Gasteiger partial charge < -0.3 is 19.3 Å². The third-order valence-corrected chi connectivity index (χ3v) is 7.90. The number of fused-ring (bicyclic) bond motifs is 1. The van der Waals surface area contributed by atoms with E-state index in [-0.39, 0.29) is 23.8 Å². The lowest BCUT2D eigenvalue weighted by atomic mass is 10.1. The first-order valence-corrected chi connectivity index (χ1v) is 14.1. The second kappa shape index (κ2) is 12.1. The smallest absolute Gasteiger partial charge is 0.335 e. The van der Waals surface area contributed by atoms with Crippen LogP contribution in [0.15, 0.2) is 60.8 Å². The second-order valence-corrected chi connectivity index (χ2v) is 10.8. The number of anilines is 1. The fraction of sp³-hybridized carbons (Fsp3) is 0.290. The van der Waals surface area contributed by atoms with E-state index in [2.05, 4.69) is 32.0 Å². The molecule has 1 saturated heterocycles. The SMILES string of the molecule is C[C@H]1CN(c2cccc(OCc3ccc(C#N)cc3F)n2)CCN1Cc1nc2ccc(C(=O)O)cc2n1Cc1cnnn1C. The molecule has 1 aliphatic rings. The van der Waals surface area contributed by atoms with Gasteiger partial charge in [-0.1, -0.05) is 17.3 Å². The number of hydrogen-bond acceptors (Lipinski definition) is 9. The van der Waals surface area contributed by atoms with E-state index in [1.807, 2.05) is 29.8 Å². The number of carboxylic acids is 1. The Morgan fingerprint density at radius 2 is 2.00 bits per heavy atom. The van der Waals surface area contributed by atoms with Gasteiger partial charge in [-0.25, -0.2) is 14.2 Å². The van der Waals surface area contributed by atoms with Crippen molar-refractivity contribution in [3.05, 3.63) is 94.8 Å². The van der Waals surface area contributed by atoms with Crippen LogP contribution in [0.2, 0.25) is 0 Å². The largest absolute Gasteiger partial charge is 0.478 e. The summed E-state index contributed by atoms with van der Waals surface area (Å²) < 4.78 is 23.8. The molecule has 0 amide bonds. The number of carboxylic acid groups (broad SMARTS) is 1. The maximum atomic E-state index is 14.3. The molecule has 44 heavy (non-hydrogen) atoms. The maximum Gasteiger partial charge on any atom is 0.335 e. The summed E-state index contributed by atoms with van der Waals surface area (Å²) in [4.78, 5) is 25.8. The molecule has 3 aromatic heterocycles. The maximum absolute atomic E-state index is 14.3. The van der Waals surface area contributed by atoms with Crippen LogP contribution < -0.4 is 9.64 Å². The Labute approximate surface area is 252 Å². The average Bonchev–Trinajstić information content (AvgIpc) is 3.59. The van der Waals surface area contributed by atoms with Crippen LogP contribution in [0.5, 0.6) is 5.88 Å². The molecule has 0 unspecified atom stereocenters. The summed E-state index contributed by atoms with van der Waals surface area (Å²) in [6.07, 6.45) is 1.70. The number of carbonyl (C=O) groups is 1. The topological polar surface area (TPSA) is 138 Å². The molecule has 5 aromatic rings. The molecule has 4 heterocycles. The van der Waals surface area contributed by atoms with Gasteiger partial charge in [0.25, 0.3) is 0 Å². The van der Waals surface area contributed by atoms with E-state index in [0.717, 1.165) is 48.0 Å². The van der Waals surface area contributed by atoms with Gasteiger partial charge in [0.05, 0.1) is 53.2 Å². The van der Waals surface area contributed by atoms with Crippen LogP contribution in [0, 0.1) is 17.1 Å². The number of pyridine rings is 1. The lowest BCUT2D eigenvalue weighted by Gasteiger charge is -2.40. The highest BCUT2D eigenvalue weighted by Gasteiger charge is 2.27. The van der Waals surface area contributed by atoms with Crippen molar-refractivity contribution in [2.45, 2.75) is 32.7 Å². The van der Waals surface area contributed by atoms with Crippen LogP contribution in [0.4, 0.5) is 10.2 Å². The predicted molar refractivity (Wildman–Crippen MR) is 159 cm³/mol. The quantitative estimate of drug-likeness (QED) is 0.269. The fourth-order valence-corrected chi connectivity index (χ4v) is 5.38. The van der Waals surface area contributed by atoms with Crippen LogP contribution in [0.25, 0.3) is 11.0 Å². The van der Waals surface area contributed by atoms with Crippen LogP contribution in [-0.4, -0.2) is 71.2 Å². The highest BCUT2D eigenvalue weighted by atomic mass is 19.1. The number of aromatic carboxylic acids is 1. The number of piperazine rings is 1. The van der Waals surface area contributed by atoms with Crippen molar-refractivity contribution in [3.63, 3.8) is 0 Å². The number of nitriles is 1. The molecule has 0 spiro atoms. The van der Waals surface area contributed by atoms with Crippen molar-refractivity contribution in [1.82, 2.24) is 34.4 Å². The zero-order chi connectivity index (χ0) is 30.8. The van der Waals surface area contributed by atoms with E-state index in [0.29, 0.717) is 24.5 Å². The minimum atomic E-state index is -0.988. The molecule has 0 radical (unpaired) electrons. The minimum Gasteiger partial charge on any atom is -0.478 e. The van der Waals surface area contributed by atoms with Crippen molar-refractivity contribution in [3.8, 4) is 11.9 Å². The summed E-state index contributed by atoms with van der Waals surface area (Å²) in [5.41, 5.74) is 3.16. The Hall–Kier alpha value is -5.35. The molecule has 12 nitrogen and oxygen atoms in total. The predicted octanol–water partition coefficient (Wildman–Crippen LogP) is 3.61. The number of nitrogens with zero attached hydrogens (tertiary/aromatic N) is 9. The third kappa shape index (κ3) is 5.93. The average molecular weight is 596 g/mol. The van der Waals surface area contributed by atoms with Gasteiger partial charge in [-0.3, -0.25) is 9.58 Å². The van der Waals surface area contributed by atoms with Crippen LogP contribution in [-0.2, 0) is 26.7 Å². The number of aromatic nitrogens is 6. The normalized spacial score (nSPS) is 15.4. The fourth-order valence-electron chi connectivity index (χ4n) is 5.38. The Morgan fingerprint density at radius 1 is 1.14 bits per heavy atom. The van der Waals surface area contributed by atoms with E-state index in [1.54, 1.807) is 47.3 Å². The Balaban J connectivity index is 1.16. The van der Waals surface area contributed by atoms with Crippen LogP contribution in [0.1, 0.15) is 39.9 Å². The van der Waals surface area contributed by atoms with Crippen molar-refractivity contribution in [1.29, 1.82) is 5.26 Å². The summed E-state index contributed by atoms with van der Waals surface area (Å²) in [6, 6.07) is 16.9. The molecule has 1 atom stereocenters. The number of benzene rings is 2. The molecule has 1 N–H and O–H groups in total. The van der Waals surface area contributed by atoms with Crippen molar-refractivity contribution in [2.24, 2.45) is 7.05 Å². The molecular weight excluding hydrogens is 565 g/mol. The summed E-state index contributed by atoms with van der Waals surface area (Å²) >= 11 is 0. The zero-order valence-electron chi connectivity index (χ0n) is 24.3. The van der Waals surface area contributed by atoms with E-state index in [4.69, 9.17) is 15.0 Å². The molecule has 0 aliphatic carbocycles. The van der Waals surface area contributed by atoms with Crippen LogP contribution >= 0.6 is 0 Å². The van der Waals surface area contributed by atoms with E-state index < -0.39 is 11.8 Å². The first-order chi connectivity index (χ1) is 21.3. The Morgan fingerprint density at radius 3 is 2.73 bits per heavy atom. The van der Waals surface area contributed by atoms with Gasteiger partial charge in [0.1, 0.15) is 24.1 Å². The van der Waals surface area contributed by atoms with E-state index in [9.17, 15) is 14.3 Å². The lowest BCUT2D eigenvalue weighted by molar-refractivity contribution is 0.0697. The monoisotopic (exact) mass is 595 g/mol. The van der Waals surface area contributed by atoms with Gasteiger partial charge in [-0.05, 0) is 43.3 Å². The number of ether oxygens (including phenoxy) is 1. The van der Waals surface area contributed by atoms with Crippen LogP contribution in [0.3, 0.4) is 0 Å². The minimum absolute atomic E-state index is 0.00200. The van der Waals surface area contributed by atoms with Gasteiger partial charge in [0.15, 0.2) is 0 Å². The number of imidazole rings is 1. The Bertz CT molecular complexity index is 1880. The summed E-state index contributed by atoms with van der Waals surface area (Å²) in [6.45, 7) is 5.37. The van der Waals surface area contributed by atoms with Gasteiger partial charge in [0.2, 0.25) is 5.88 Å². The van der Waals surface area contributed by atoms with Crippen molar-refractivity contribution in [2.75, 3.05) is 24.5 Å². The third-order valence-electron chi connectivity index (χ3n) is 7.90. The van der Waals surface area contributed by atoms with E-state index >= 15 is 0 Å². The molecule has 0 saturated carbocycles. The molecule has 13 heteroatoms. The summed E-state index contributed by atoms with van der Waals surface area (Å²) in [7, 11) is 1.82. The van der Waals surface area contributed by atoms with Gasteiger partial charge >= 0.3 is 5.97 Å². The molecule has 1 aliphatic heterocycles. The molecule has 6 rings (SSSR count).